The zero-order chi connectivity index (χ0) is 28.7. The number of benzene rings is 2. The highest BCUT2D eigenvalue weighted by molar-refractivity contribution is 6.45. The summed E-state index contributed by atoms with van der Waals surface area (Å²) < 4.78 is 19.9. The Morgan fingerprint density at radius 1 is 1.05 bits per heavy atom. The molecular formula is C29H33ClFN5O4. The van der Waals surface area contributed by atoms with Gasteiger partial charge in [0, 0.05) is 63.5 Å². The standard InChI is InChI=1S/C29H33ClFN5O4/c1-17-13-35(18(2)12-34(17)14-19-4-6-20(31)7-5-19)28(38)23-10-22-24(16-36(32)26(22)11-25(23)30)27(37)29(39)33-9-8-21(15-33)40-3/h4-7,10-11,16-18,21H,8-9,12-15,32H2,1-3H3/t17-,18+,21+/m0/s1. The Hall–Kier alpha value is -3.47. The van der Waals surface area contributed by atoms with Gasteiger partial charge < -0.3 is 20.4 Å². The van der Waals surface area contributed by atoms with Crippen molar-refractivity contribution in [2.75, 3.05) is 39.1 Å². The maximum atomic E-state index is 13.8. The topological polar surface area (TPSA) is 101 Å². The molecule has 0 spiro atoms. The predicted molar refractivity (Wildman–Crippen MR) is 150 cm³/mol. The van der Waals surface area contributed by atoms with Crippen molar-refractivity contribution < 1.29 is 23.5 Å². The number of Topliss-reactive ketones (excluding diaryl/α,β-unsaturated/α-hetero) is 1. The number of likely N-dealkylation sites (tertiary alicyclic amines) is 1. The average molecular weight is 570 g/mol. The number of ketones is 1. The SMILES string of the molecule is CO[C@@H]1CCN(C(=O)C(=O)c2cn(N)c3cc(Cl)c(C(=O)N4C[C@H](C)N(Cc5ccc(F)cc5)C[C@H]4C)cc23)C1. The molecule has 9 nitrogen and oxygen atoms in total. The first-order valence-corrected chi connectivity index (χ1v) is 13.7. The number of piperazine rings is 1. The van der Waals surface area contributed by atoms with Crippen molar-refractivity contribution in [3.63, 3.8) is 0 Å². The van der Waals surface area contributed by atoms with Crippen LogP contribution in [0.1, 0.15) is 46.5 Å². The Kier molecular flexibility index (Phi) is 7.85. The molecule has 2 aromatic carbocycles. The fraction of sp³-hybridized carbons (Fsp3) is 0.414. The first-order chi connectivity index (χ1) is 19.1. The van der Waals surface area contributed by atoms with Gasteiger partial charge in [0.05, 0.1) is 27.8 Å². The lowest BCUT2D eigenvalue weighted by Gasteiger charge is -2.44. The molecule has 5 rings (SSSR count). The van der Waals surface area contributed by atoms with E-state index in [9.17, 15) is 18.8 Å². The van der Waals surface area contributed by atoms with Gasteiger partial charge in [-0.1, -0.05) is 23.7 Å². The van der Waals surface area contributed by atoms with Gasteiger partial charge in [0.15, 0.2) is 0 Å². The minimum Gasteiger partial charge on any atom is -0.380 e. The summed E-state index contributed by atoms with van der Waals surface area (Å²) in [4.78, 5) is 45.6. The fourth-order valence-corrected chi connectivity index (χ4v) is 5.90. The summed E-state index contributed by atoms with van der Waals surface area (Å²) in [5.74, 6) is 4.26. The molecule has 40 heavy (non-hydrogen) atoms. The van der Waals surface area contributed by atoms with Crippen LogP contribution >= 0.6 is 11.6 Å². The van der Waals surface area contributed by atoms with Crippen LogP contribution < -0.4 is 5.84 Å². The third-order valence-electron chi connectivity index (χ3n) is 8.03. The van der Waals surface area contributed by atoms with Crippen molar-refractivity contribution in [3.8, 4) is 0 Å². The van der Waals surface area contributed by atoms with Crippen LogP contribution in [0.3, 0.4) is 0 Å². The van der Waals surface area contributed by atoms with Crippen LogP contribution in [0.25, 0.3) is 10.9 Å². The van der Waals surface area contributed by atoms with E-state index in [1.807, 2.05) is 13.8 Å². The lowest BCUT2D eigenvalue weighted by molar-refractivity contribution is -0.125. The number of halogens is 2. The number of carbonyl (C=O) groups excluding carboxylic acids is 3. The predicted octanol–water partition coefficient (Wildman–Crippen LogP) is 3.31. The minimum absolute atomic E-state index is 0.0454. The van der Waals surface area contributed by atoms with E-state index in [-0.39, 0.29) is 46.1 Å². The summed E-state index contributed by atoms with van der Waals surface area (Å²) in [5.41, 5.74) is 1.81. The number of hydrogen-bond donors (Lipinski definition) is 1. The molecule has 2 aliphatic rings. The van der Waals surface area contributed by atoms with Crippen LogP contribution in [-0.2, 0) is 16.1 Å². The van der Waals surface area contributed by atoms with E-state index in [2.05, 4.69) is 4.90 Å². The molecular weight excluding hydrogens is 537 g/mol. The number of fused-ring (bicyclic) bond motifs is 1. The maximum Gasteiger partial charge on any atom is 0.295 e. The fourth-order valence-electron chi connectivity index (χ4n) is 5.66. The highest BCUT2D eigenvalue weighted by atomic mass is 35.5. The zero-order valence-corrected chi connectivity index (χ0v) is 23.5. The Morgan fingerprint density at radius 3 is 2.45 bits per heavy atom. The molecule has 2 saturated heterocycles. The maximum absolute atomic E-state index is 13.8. The van der Waals surface area contributed by atoms with Crippen molar-refractivity contribution >= 4 is 40.1 Å². The van der Waals surface area contributed by atoms with Crippen molar-refractivity contribution in [2.24, 2.45) is 0 Å². The van der Waals surface area contributed by atoms with Crippen molar-refractivity contribution in [3.05, 3.63) is 70.1 Å². The van der Waals surface area contributed by atoms with Gasteiger partial charge >= 0.3 is 0 Å². The van der Waals surface area contributed by atoms with Gasteiger partial charge in [-0.2, -0.15) is 0 Å². The molecule has 3 atom stereocenters. The van der Waals surface area contributed by atoms with Crippen LogP contribution in [0.5, 0.6) is 0 Å². The number of methoxy groups -OCH3 is 1. The van der Waals surface area contributed by atoms with Crippen LogP contribution in [0.2, 0.25) is 5.02 Å². The number of aromatic nitrogens is 1. The number of nitrogens with two attached hydrogens (primary N) is 1. The van der Waals surface area contributed by atoms with Gasteiger partial charge in [-0.25, -0.2) is 4.39 Å². The smallest absolute Gasteiger partial charge is 0.295 e. The molecule has 11 heteroatoms. The monoisotopic (exact) mass is 569 g/mol. The van der Waals surface area contributed by atoms with E-state index in [1.54, 1.807) is 36.3 Å². The number of carbonyl (C=O) groups is 3. The summed E-state index contributed by atoms with van der Waals surface area (Å²) in [6.07, 6.45) is 1.96. The molecule has 0 bridgehead atoms. The molecule has 1 aromatic heterocycles. The third kappa shape index (κ3) is 5.31. The summed E-state index contributed by atoms with van der Waals surface area (Å²) in [6, 6.07) is 9.48. The van der Waals surface area contributed by atoms with Crippen molar-refractivity contribution in [2.45, 2.75) is 45.0 Å². The third-order valence-corrected chi connectivity index (χ3v) is 8.34. The van der Waals surface area contributed by atoms with Crippen LogP contribution in [0.15, 0.2) is 42.6 Å². The second-order valence-corrected chi connectivity index (χ2v) is 11.1. The number of amides is 2. The summed E-state index contributed by atoms with van der Waals surface area (Å²) in [5, 5.41) is 0.607. The summed E-state index contributed by atoms with van der Waals surface area (Å²) in [7, 11) is 1.58. The Balaban J connectivity index is 1.37. The van der Waals surface area contributed by atoms with Gasteiger partial charge in [0.2, 0.25) is 0 Å². The van der Waals surface area contributed by atoms with Crippen molar-refractivity contribution in [1.82, 2.24) is 19.4 Å². The van der Waals surface area contributed by atoms with Gasteiger partial charge in [0.25, 0.3) is 17.6 Å². The van der Waals surface area contributed by atoms with E-state index in [0.717, 1.165) is 5.56 Å². The summed E-state index contributed by atoms with van der Waals surface area (Å²) in [6.45, 7) is 6.54. The summed E-state index contributed by atoms with van der Waals surface area (Å²) >= 11 is 6.58. The normalized spacial score (nSPS) is 21.8. The zero-order valence-electron chi connectivity index (χ0n) is 22.8. The number of hydrogen-bond acceptors (Lipinski definition) is 6. The van der Waals surface area contributed by atoms with Crippen LogP contribution in [0, 0.1) is 5.82 Å². The number of ether oxygens (including phenoxy) is 1. The van der Waals surface area contributed by atoms with E-state index in [0.29, 0.717) is 50.0 Å². The lowest BCUT2D eigenvalue weighted by Crippen LogP contribution is -2.57. The van der Waals surface area contributed by atoms with Crippen LogP contribution in [-0.4, -0.2) is 88.4 Å². The molecule has 2 fully saturated rings. The molecule has 0 aliphatic carbocycles. The number of rotatable bonds is 6. The van der Waals surface area contributed by atoms with Crippen molar-refractivity contribution in [1.29, 1.82) is 0 Å². The Morgan fingerprint density at radius 2 is 1.77 bits per heavy atom. The molecule has 3 heterocycles. The molecule has 212 valence electrons. The van der Waals surface area contributed by atoms with Gasteiger partial charge in [-0.3, -0.25) is 24.0 Å². The number of nitrogen functional groups attached to an aromatic ring is 1. The second kappa shape index (κ2) is 11.2. The molecule has 0 radical (unpaired) electrons. The molecule has 2 amide bonds. The molecule has 2 aliphatic heterocycles. The Labute approximate surface area is 237 Å². The molecule has 0 unspecified atom stereocenters. The Bertz CT molecular complexity index is 1460. The highest BCUT2D eigenvalue weighted by Gasteiger charge is 2.35. The largest absolute Gasteiger partial charge is 0.380 e. The lowest BCUT2D eigenvalue weighted by atomic mass is 10.0. The molecule has 3 aromatic rings. The minimum atomic E-state index is -0.692. The second-order valence-electron chi connectivity index (χ2n) is 10.7. The van der Waals surface area contributed by atoms with Gasteiger partial charge in [0.1, 0.15) is 5.82 Å². The highest BCUT2D eigenvalue weighted by Crippen LogP contribution is 2.30. The van der Waals surface area contributed by atoms with E-state index < -0.39 is 11.7 Å². The molecule has 0 saturated carbocycles. The van der Waals surface area contributed by atoms with Gasteiger partial charge in [-0.15, -0.1) is 0 Å². The van der Waals surface area contributed by atoms with Crippen LogP contribution in [0.4, 0.5) is 4.39 Å². The van der Waals surface area contributed by atoms with E-state index >= 15 is 0 Å². The van der Waals surface area contributed by atoms with Gasteiger partial charge in [-0.05, 0) is 50.1 Å². The first-order valence-electron chi connectivity index (χ1n) is 13.3. The average Bonchev–Trinajstić information content (AvgIpc) is 3.54. The van der Waals surface area contributed by atoms with E-state index in [1.165, 1.54) is 27.9 Å². The first kappa shape index (κ1) is 28.1. The molecule has 2 N–H and O–H groups in total. The quantitative estimate of drug-likeness (QED) is 0.278. The number of nitrogens with zero attached hydrogens (tertiary/aromatic N) is 4. The van der Waals surface area contributed by atoms with E-state index in [4.69, 9.17) is 22.2 Å².